The molecule has 1 aliphatic rings. The number of ether oxygens (including phenoxy) is 1. The van der Waals surface area contributed by atoms with E-state index in [9.17, 15) is 23.7 Å². The second-order valence-corrected chi connectivity index (χ2v) is 12.7. The van der Waals surface area contributed by atoms with Gasteiger partial charge in [-0.3, -0.25) is 13.9 Å². The molecule has 1 fully saturated rings. The molecule has 1 unspecified atom stereocenters. The van der Waals surface area contributed by atoms with Crippen molar-refractivity contribution < 1.29 is 32.6 Å². The molecule has 5 atom stereocenters. The van der Waals surface area contributed by atoms with Crippen LogP contribution < -0.4 is 15.9 Å². The van der Waals surface area contributed by atoms with Gasteiger partial charge in [0.15, 0.2) is 6.17 Å². The van der Waals surface area contributed by atoms with Crippen LogP contribution >= 0.6 is 19.4 Å². The summed E-state index contributed by atoms with van der Waals surface area (Å²) in [4.78, 5) is 28.4. The molecule has 1 aromatic carbocycles. The van der Waals surface area contributed by atoms with E-state index in [0.717, 1.165) is 16.3 Å². The Morgan fingerprint density at radius 1 is 1.31 bits per heavy atom. The molecule has 0 bridgehead atoms. The summed E-state index contributed by atoms with van der Waals surface area (Å²) < 4.78 is 46.6. The molecule has 0 radical (unpaired) electrons. The van der Waals surface area contributed by atoms with Crippen molar-refractivity contribution in [3.05, 3.63) is 53.1 Å². The van der Waals surface area contributed by atoms with E-state index in [0.29, 0.717) is 0 Å². The third-order valence-electron chi connectivity index (χ3n) is 5.33. The van der Waals surface area contributed by atoms with Gasteiger partial charge in [-0.15, -0.1) is 11.8 Å². The number of carbonyl (C=O) groups excluding carboxylic acids is 1. The molecule has 3 rings (SSSR count). The smallest absolute Gasteiger partial charge is 0.380 e. The largest absolute Gasteiger partial charge is 0.463 e. The summed E-state index contributed by atoms with van der Waals surface area (Å²) in [5.41, 5.74) is 3.51. The first kappa shape index (κ1) is 28.2. The highest BCUT2D eigenvalue weighted by molar-refractivity contribution is 8.00. The van der Waals surface area contributed by atoms with Gasteiger partial charge in [0, 0.05) is 6.20 Å². The fourth-order valence-corrected chi connectivity index (χ4v) is 7.20. The van der Waals surface area contributed by atoms with Crippen molar-refractivity contribution in [2.45, 2.75) is 56.7 Å². The van der Waals surface area contributed by atoms with Crippen LogP contribution in [0.25, 0.3) is 0 Å². The lowest BCUT2D eigenvalue weighted by Crippen LogP contribution is -2.35. The summed E-state index contributed by atoms with van der Waals surface area (Å²) in [7, 11) is -4.01. The monoisotopic (exact) mass is 543 g/mol. The average Bonchev–Trinajstić information content (AvgIpc) is 3.06. The zero-order chi connectivity index (χ0) is 26.7. The van der Waals surface area contributed by atoms with Crippen LogP contribution in [0.3, 0.4) is 0 Å². The van der Waals surface area contributed by atoms with Crippen molar-refractivity contribution >= 4 is 31.1 Å². The highest BCUT2D eigenvalue weighted by Crippen LogP contribution is 2.54. The molecular formula is C23H31FN3O7PS. The van der Waals surface area contributed by atoms with Gasteiger partial charge in [-0.05, 0) is 45.9 Å². The first-order valence-electron chi connectivity index (χ1n) is 11.3. The Balaban J connectivity index is 1.79. The lowest BCUT2D eigenvalue weighted by atomic mass is 9.97. The average molecular weight is 544 g/mol. The minimum atomic E-state index is -4.01. The van der Waals surface area contributed by atoms with E-state index in [-0.39, 0.29) is 30.4 Å². The maximum Gasteiger partial charge on any atom is 0.380 e. The molecule has 0 aliphatic carbocycles. The standard InChI is InChI=1S/C23H31FN3O7PS/c1-14(2)33-21(29)23(3,4)13-35(31,34-15-8-6-5-7-9-15)32-12-16-19(28)18(24)20(36-16)27-11-10-17(25)26-22(27)30/h5-11,14,16,18-20,28H,12-13H2,1-4H3,(H2,25,26,30)/t16-,18+,19-,20-,35?/m1/s1. The molecule has 2 heterocycles. The summed E-state index contributed by atoms with van der Waals surface area (Å²) in [6.07, 6.45) is -2.73. The Kier molecular flexibility index (Phi) is 8.87. The fraction of sp³-hybridized carbons (Fsp3) is 0.522. The number of hydrogen-bond acceptors (Lipinski definition) is 10. The van der Waals surface area contributed by atoms with Gasteiger partial charge >= 0.3 is 19.3 Å². The Morgan fingerprint density at radius 2 is 1.97 bits per heavy atom. The summed E-state index contributed by atoms with van der Waals surface area (Å²) in [5, 5.41) is 8.54. The maximum atomic E-state index is 15.0. The van der Waals surface area contributed by atoms with Crippen molar-refractivity contribution in [3.63, 3.8) is 0 Å². The number of esters is 1. The molecule has 3 N–H and O–H groups in total. The van der Waals surface area contributed by atoms with Gasteiger partial charge in [0.05, 0.1) is 29.5 Å². The second-order valence-electron chi connectivity index (χ2n) is 9.35. The molecule has 1 aliphatic heterocycles. The number of aliphatic hydroxyl groups is 1. The molecule has 0 amide bonds. The maximum absolute atomic E-state index is 15.0. The van der Waals surface area contributed by atoms with Gasteiger partial charge in [-0.1, -0.05) is 18.2 Å². The van der Waals surface area contributed by atoms with E-state index < -0.39 is 47.6 Å². The quantitative estimate of drug-likeness (QED) is 0.338. The van der Waals surface area contributed by atoms with Crippen molar-refractivity contribution in [1.82, 2.24) is 9.55 Å². The molecule has 198 valence electrons. The summed E-state index contributed by atoms with van der Waals surface area (Å²) in [6.45, 7) is 6.17. The lowest BCUT2D eigenvalue weighted by molar-refractivity contribution is -0.156. The van der Waals surface area contributed by atoms with Gasteiger partial charge in [0.2, 0.25) is 0 Å². The summed E-state index contributed by atoms with van der Waals surface area (Å²) >= 11 is 0.944. The number of halogens is 1. The number of alkyl halides is 1. The zero-order valence-corrected chi connectivity index (χ0v) is 22.2. The van der Waals surface area contributed by atoms with Crippen molar-refractivity contribution in [2.24, 2.45) is 5.41 Å². The van der Waals surface area contributed by atoms with Crippen LogP contribution in [-0.4, -0.2) is 57.0 Å². The molecule has 2 aromatic rings. The van der Waals surface area contributed by atoms with Gasteiger partial charge in [0.25, 0.3) is 0 Å². The molecule has 36 heavy (non-hydrogen) atoms. The first-order chi connectivity index (χ1) is 16.8. The molecule has 1 saturated heterocycles. The van der Waals surface area contributed by atoms with Gasteiger partial charge in [-0.2, -0.15) is 4.98 Å². The van der Waals surface area contributed by atoms with Crippen LogP contribution in [0.2, 0.25) is 0 Å². The Labute approximate surface area is 212 Å². The molecule has 1 aromatic heterocycles. The van der Waals surface area contributed by atoms with Crippen LogP contribution in [0.15, 0.2) is 47.4 Å². The number of aromatic nitrogens is 2. The van der Waals surface area contributed by atoms with Crippen LogP contribution in [0.4, 0.5) is 10.2 Å². The van der Waals surface area contributed by atoms with Gasteiger partial charge in [0.1, 0.15) is 23.0 Å². The van der Waals surface area contributed by atoms with Crippen molar-refractivity contribution in [2.75, 3.05) is 18.5 Å². The number of anilines is 1. The summed E-state index contributed by atoms with van der Waals surface area (Å²) in [6, 6.07) is 9.65. The first-order valence-corrected chi connectivity index (χ1v) is 14.0. The van der Waals surface area contributed by atoms with Crippen molar-refractivity contribution in [1.29, 1.82) is 0 Å². The zero-order valence-electron chi connectivity index (χ0n) is 20.4. The van der Waals surface area contributed by atoms with Crippen LogP contribution in [0.1, 0.15) is 33.1 Å². The third-order valence-corrected chi connectivity index (χ3v) is 9.07. The molecule has 13 heteroatoms. The number of nitrogens with two attached hydrogens (primary N) is 1. The summed E-state index contributed by atoms with van der Waals surface area (Å²) in [5.74, 6) is -0.325. The number of nitrogens with zero attached hydrogens (tertiary/aromatic N) is 2. The fourth-order valence-electron chi connectivity index (χ4n) is 3.54. The normalized spacial score (nSPS) is 23.9. The topological polar surface area (TPSA) is 143 Å². The minimum absolute atomic E-state index is 0.00676. The molecule has 0 spiro atoms. The van der Waals surface area contributed by atoms with E-state index in [1.54, 1.807) is 58.0 Å². The van der Waals surface area contributed by atoms with E-state index >= 15 is 0 Å². The number of aliphatic hydroxyl groups excluding tert-OH is 1. The van der Waals surface area contributed by atoms with Crippen LogP contribution in [0, 0.1) is 5.41 Å². The van der Waals surface area contributed by atoms with E-state index in [4.69, 9.17) is 19.5 Å². The van der Waals surface area contributed by atoms with E-state index in [1.165, 1.54) is 12.3 Å². The Bertz CT molecular complexity index is 1160. The Hall–Kier alpha value is -2.40. The SMILES string of the molecule is CC(C)OC(=O)C(C)(C)CP(=O)(OC[C@H]1S[C@@H](n2ccc(N)nc2=O)[C@@H](F)[C@@H]1O)Oc1ccccc1. The number of carbonyl (C=O) groups is 1. The van der Waals surface area contributed by atoms with E-state index in [2.05, 4.69) is 4.98 Å². The number of benzene rings is 1. The highest BCUT2D eigenvalue weighted by Gasteiger charge is 2.47. The number of thioether (sulfide) groups is 1. The number of para-hydroxylation sites is 1. The molecule has 0 saturated carbocycles. The lowest BCUT2D eigenvalue weighted by Gasteiger charge is -2.29. The predicted octanol–water partition coefficient (Wildman–Crippen LogP) is 3.41. The molecular weight excluding hydrogens is 512 g/mol. The number of hydrogen-bond donors (Lipinski definition) is 2. The van der Waals surface area contributed by atoms with Crippen molar-refractivity contribution in [3.8, 4) is 5.75 Å². The van der Waals surface area contributed by atoms with Gasteiger partial charge < -0.3 is 20.1 Å². The highest BCUT2D eigenvalue weighted by atomic mass is 32.2. The van der Waals surface area contributed by atoms with E-state index in [1.807, 2.05) is 0 Å². The number of rotatable bonds is 10. The molecule has 10 nitrogen and oxygen atoms in total. The van der Waals surface area contributed by atoms with Gasteiger partial charge in [-0.25, -0.2) is 13.8 Å². The predicted molar refractivity (Wildman–Crippen MR) is 135 cm³/mol. The second kappa shape index (κ2) is 11.3. The third kappa shape index (κ3) is 6.88. The van der Waals surface area contributed by atoms with Crippen LogP contribution in [-0.2, 0) is 18.6 Å². The Morgan fingerprint density at radius 3 is 2.58 bits per heavy atom. The van der Waals surface area contributed by atoms with Crippen LogP contribution in [0.5, 0.6) is 5.75 Å². The number of nitrogen functional groups attached to an aromatic ring is 1. The minimum Gasteiger partial charge on any atom is -0.463 e.